The van der Waals surface area contributed by atoms with Crippen LogP contribution < -0.4 is 16.0 Å². The summed E-state index contributed by atoms with van der Waals surface area (Å²) >= 11 is 5.86. The van der Waals surface area contributed by atoms with Gasteiger partial charge in [0.1, 0.15) is 10.8 Å². The van der Waals surface area contributed by atoms with E-state index in [1.165, 1.54) is 18.2 Å². The van der Waals surface area contributed by atoms with Gasteiger partial charge in [0.25, 0.3) is 5.69 Å². The Hall–Kier alpha value is -4.47. The summed E-state index contributed by atoms with van der Waals surface area (Å²) in [4.78, 5) is 60.2. The summed E-state index contributed by atoms with van der Waals surface area (Å²) in [6.07, 6.45) is -2.91. The molecule has 13 nitrogen and oxygen atoms in total. The van der Waals surface area contributed by atoms with Crippen LogP contribution >= 0.6 is 11.6 Å². The maximum absolute atomic E-state index is 12.4. The van der Waals surface area contributed by atoms with Gasteiger partial charge in [-0.3, -0.25) is 24.5 Å². The van der Waals surface area contributed by atoms with Crippen molar-refractivity contribution in [2.45, 2.75) is 45.3 Å². The van der Waals surface area contributed by atoms with E-state index in [0.717, 1.165) is 11.4 Å². The Labute approximate surface area is 242 Å². The standard InChI is InChI=1S/C23H28ClN5O6.C2HF3O2/c1-3-35-23(32)13-18(16-6-7-17(24)19(12-16)29(33)34)28-22(31)14-27-21(30)5-4-9-25-20-11-15(2)8-10-26-20;3-2(4,5)1(6)7/h6-8,10-12,18H,3-5,9,13-14H2,1-2H3,(H,25,26)(H,27,30)(H,28,31);(H,6,7). The molecule has 0 bridgehead atoms. The average Bonchev–Trinajstić information content (AvgIpc) is 2.89. The number of benzene rings is 1. The number of carboxylic acid groups (broad SMARTS) is 1. The average molecular weight is 620 g/mol. The van der Waals surface area contributed by atoms with Gasteiger partial charge in [0, 0.05) is 25.2 Å². The highest BCUT2D eigenvalue weighted by molar-refractivity contribution is 6.32. The molecule has 0 fully saturated rings. The first-order valence-electron chi connectivity index (χ1n) is 12.3. The predicted molar refractivity (Wildman–Crippen MR) is 144 cm³/mol. The number of esters is 1. The van der Waals surface area contributed by atoms with E-state index >= 15 is 0 Å². The lowest BCUT2D eigenvalue weighted by atomic mass is 10.0. The third-order valence-corrected chi connectivity index (χ3v) is 5.39. The molecule has 0 radical (unpaired) electrons. The Morgan fingerprint density at radius 3 is 2.40 bits per heavy atom. The van der Waals surface area contributed by atoms with Crippen molar-refractivity contribution in [3.8, 4) is 0 Å². The minimum Gasteiger partial charge on any atom is -0.475 e. The van der Waals surface area contributed by atoms with Gasteiger partial charge in [0.2, 0.25) is 11.8 Å². The minimum atomic E-state index is -5.08. The number of aryl methyl sites for hydroxylation is 1. The second kappa shape index (κ2) is 17.4. The molecule has 0 aliphatic carbocycles. The maximum Gasteiger partial charge on any atom is 0.490 e. The number of aliphatic carboxylic acids is 1. The number of amides is 2. The molecule has 2 aromatic rings. The number of hydrogen-bond donors (Lipinski definition) is 4. The number of nitrogens with zero attached hydrogens (tertiary/aromatic N) is 2. The Kier molecular flexibility index (Phi) is 14.7. The molecule has 4 N–H and O–H groups in total. The van der Waals surface area contributed by atoms with Crippen molar-refractivity contribution < 1.29 is 47.1 Å². The second-order valence-corrected chi connectivity index (χ2v) is 8.83. The molecule has 0 saturated carbocycles. The first kappa shape index (κ1) is 35.6. The molecule has 2 amide bonds. The first-order valence-corrected chi connectivity index (χ1v) is 12.6. The Balaban J connectivity index is 0.00000112. The summed E-state index contributed by atoms with van der Waals surface area (Å²) in [6.45, 7) is 3.96. The van der Waals surface area contributed by atoms with Crippen LogP contribution in [0.1, 0.15) is 43.4 Å². The van der Waals surface area contributed by atoms with Crippen molar-refractivity contribution in [2.24, 2.45) is 0 Å². The van der Waals surface area contributed by atoms with Crippen LogP contribution in [0.3, 0.4) is 0 Å². The zero-order valence-corrected chi connectivity index (χ0v) is 23.3. The molecule has 0 aliphatic heterocycles. The number of pyridine rings is 1. The number of carbonyl (C=O) groups is 4. The molecular formula is C25H29ClF3N5O8. The molecule has 0 spiro atoms. The molecule has 1 heterocycles. The predicted octanol–water partition coefficient (Wildman–Crippen LogP) is 3.70. The largest absolute Gasteiger partial charge is 0.490 e. The van der Waals surface area contributed by atoms with E-state index in [2.05, 4.69) is 20.9 Å². The van der Waals surface area contributed by atoms with Crippen molar-refractivity contribution in [3.05, 3.63) is 62.8 Å². The fourth-order valence-corrected chi connectivity index (χ4v) is 3.32. The normalized spacial score (nSPS) is 11.3. The number of carboxylic acids is 1. The number of nitro groups is 1. The van der Waals surface area contributed by atoms with Crippen LogP contribution in [0, 0.1) is 17.0 Å². The van der Waals surface area contributed by atoms with Gasteiger partial charge in [-0.15, -0.1) is 0 Å². The molecule has 0 saturated heterocycles. The van der Waals surface area contributed by atoms with Crippen LogP contribution in [0.5, 0.6) is 0 Å². The van der Waals surface area contributed by atoms with Crippen LogP contribution in [-0.4, -0.2) is 64.6 Å². The summed E-state index contributed by atoms with van der Waals surface area (Å²) < 4.78 is 36.7. The van der Waals surface area contributed by atoms with Gasteiger partial charge in [0.05, 0.1) is 30.5 Å². The highest BCUT2D eigenvalue weighted by Gasteiger charge is 2.38. The summed E-state index contributed by atoms with van der Waals surface area (Å²) in [5, 5.41) is 26.5. The highest BCUT2D eigenvalue weighted by atomic mass is 35.5. The van der Waals surface area contributed by atoms with Gasteiger partial charge in [-0.2, -0.15) is 13.2 Å². The van der Waals surface area contributed by atoms with Gasteiger partial charge < -0.3 is 25.8 Å². The van der Waals surface area contributed by atoms with Crippen molar-refractivity contribution in [3.63, 3.8) is 0 Å². The zero-order chi connectivity index (χ0) is 31.9. The second-order valence-electron chi connectivity index (χ2n) is 8.43. The van der Waals surface area contributed by atoms with Gasteiger partial charge in [-0.1, -0.05) is 17.7 Å². The van der Waals surface area contributed by atoms with E-state index in [4.69, 9.17) is 26.2 Å². The van der Waals surface area contributed by atoms with Gasteiger partial charge in [-0.25, -0.2) is 9.78 Å². The van der Waals surface area contributed by atoms with Crippen molar-refractivity contribution in [1.29, 1.82) is 0 Å². The van der Waals surface area contributed by atoms with Crippen molar-refractivity contribution in [2.75, 3.05) is 25.0 Å². The molecule has 0 aliphatic rings. The summed E-state index contributed by atoms with van der Waals surface area (Å²) in [5.74, 6) is -3.50. The number of nitrogens with one attached hydrogen (secondary N) is 3. The molecule has 1 atom stereocenters. The number of ether oxygens (including phenoxy) is 1. The van der Waals surface area contributed by atoms with E-state index in [9.17, 15) is 37.7 Å². The summed E-state index contributed by atoms with van der Waals surface area (Å²) in [6, 6.07) is 6.87. The van der Waals surface area contributed by atoms with E-state index in [1.54, 1.807) is 13.1 Å². The number of halogens is 4. The molecule has 230 valence electrons. The molecule has 42 heavy (non-hydrogen) atoms. The van der Waals surface area contributed by atoms with E-state index in [0.29, 0.717) is 18.5 Å². The topological polar surface area (TPSA) is 190 Å². The Bertz CT molecular complexity index is 1260. The molecule has 2 rings (SSSR count). The number of anilines is 1. The SMILES string of the molecule is CCOC(=O)CC(NC(=O)CNC(=O)CCCNc1cc(C)ccn1)c1ccc(Cl)c([N+](=O)[O-])c1.O=C(O)C(F)(F)F. The number of aromatic nitrogens is 1. The van der Waals surface area contributed by atoms with Crippen LogP contribution in [0.15, 0.2) is 36.5 Å². The smallest absolute Gasteiger partial charge is 0.475 e. The van der Waals surface area contributed by atoms with Gasteiger partial charge in [-0.05, 0) is 49.6 Å². The van der Waals surface area contributed by atoms with Crippen LogP contribution in [0.4, 0.5) is 24.7 Å². The van der Waals surface area contributed by atoms with Crippen LogP contribution in [0.2, 0.25) is 5.02 Å². The maximum atomic E-state index is 12.4. The van der Waals surface area contributed by atoms with E-state index < -0.39 is 35.0 Å². The third kappa shape index (κ3) is 13.7. The molecule has 1 unspecified atom stereocenters. The lowest BCUT2D eigenvalue weighted by molar-refractivity contribution is -0.384. The molecular weight excluding hydrogens is 591 g/mol. The van der Waals surface area contributed by atoms with Crippen LogP contribution in [0.25, 0.3) is 0 Å². The third-order valence-electron chi connectivity index (χ3n) is 5.07. The van der Waals surface area contributed by atoms with Crippen molar-refractivity contribution >= 4 is 46.9 Å². The summed E-state index contributed by atoms with van der Waals surface area (Å²) in [5.41, 5.74) is 1.03. The summed E-state index contributed by atoms with van der Waals surface area (Å²) in [7, 11) is 0. The quantitative estimate of drug-likeness (QED) is 0.111. The van der Waals surface area contributed by atoms with E-state index in [1.807, 2.05) is 19.1 Å². The lowest BCUT2D eigenvalue weighted by Crippen LogP contribution is -2.39. The Morgan fingerprint density at radius 2 is 1.83 bits per heavy atom. The first-order chi connectivity index (χ1) is 19.6. The lowest BCUT2D eigenvalue weighted by Gasteiger charge is -2.19. The zero-order valence-electron chi connectivity index (χ0n) is 22.5. The van der Waals surface area contributed by atoms with Gasteiger partial charge >= 0.3 is 18.1 Å². The fourth-order valence-electron chi connectivity index (χ4n) is 3.14. The number of nitro benzene ring substituents is 1. The van der Waals surface area contributed by atoms with Gasteiger partial charge in [0.15, 0.2) is 0 Å². The fraction of sp³-hybridized carbons (Fsp3) is 0.400. The number of hydrogen-bond acceptors (Lipinski definition) is 9. The monoisotopic (exact) mass is 619 g/mol. The minimum absolute atomic E-state index is 0.0695. The van der Waals surface area contributed by atoms with Crippen LogP contribution in [-0.2, 0) is 23.9 Å². The number of carbonyl (C=O) groups excluding carboxylic acids is 3. The molecule has 1 aromatic heterocycles. The number of rotatable bonds is 13. The Morgan fingerprint density at radius 1 is 1.17 bits per heavy atom. The van der Waals surface area contributed by atoms with E-state index in [-0.39, 0.29) is 42.6 Å². The highest BCUT2D eigenvalue weighted by Crippen LogP contribution is 2.29. The molecule has 1 aromatic carbocycles. The van der Waals surface area contributed by atoms with Crippen molar-refractivity contribution in [1.82, 2.24) is 15.6 Å². The molecule has 17 heteroatoms. The number of alkyl halides is 3.